The lowest BCUT2D eigenvalue weighted by molar-refractivity contribution is -0.120. The molecule has 2 aromatic rings. The van der Waals surface area contributed by atoms with Crippen molar-refractivity contribution >= 4 is 18.0 Å². The first-order valence-electron chi connectivity index (χ1n) is 7.25. The van der Waals surface area contributed by atoms with Crippen molar-refractivity contribution < 1.29 is 23.5 Å². The molecule has 0 aliphatic carbocycles. The zero-order valence-corrected chi connectivity index (χ0v) is 12.7. The van der Waals surface area contributed by atoms with Gasteiger partial charge in [-0.05, 0) is 30.3 Å². The Bertz CT molecular complexity index is 755. The molecule has 8 nitrogen and oxygen atoms in total. The molecule has 0 saturated carbocycles. The second kappa shape index (κ2) is 7.32. The average Bonchev–Trinajstić information content (AvgIpc) is 3.12. The zero-order valence-electron chi connectivity index (χ0n) is 12.7. The van der Waals surface area contributed by atoms with Gasteiger partial charge in [0.15, 0.2) is 11.5 Å². The summed E-state index contributed by atoms with van der Waals surface area (Å²) >= 11 is 0. The predicted molar refractivity (Wildman–Crippen MR) is 84.2 cm³/mol. The summed E-state index contributed by atoms with van der Waals surface area (Å²) in [6.45, 7) is 0.716. The van der Waals surface area contributed by atoms with Crippen molar-refractivity contribution in [3.63, 3.8) is 0 Å². The molecule has 24 heavy (non-hydrogen) atoms. The van der Waals surface area contributed by atoms with Crippen molar-refractivity contribution in [1.82, 2.24) is 10.7 Å². The molecule has 0 unspecified atom stereocenters. The van der Waals surface area contributed by atoms with Gasteiger partial charge in [0.25, 0.3) is 11.8 Å². The molecule has 1 aliphatic rings. The van der Waals surface area contributed by atoms with Crippen LogP contribution in [0.5, 0.6) is 11.5 Å². The molecule has 3 rings (SSSR count). The first-order valence-corrected chi connectivity index (χ1v) is 7.25. The smallest absolute Gasteiger partial charge is 0.259 e. The molecule has 0 fully saturated rings. The van der Waals surface area contributed by atoms with Gasteiger partial charge in [-0.15, -0.1) is 0 Å². The summed E-state index contributed by atoms with van der Waals surface area (Å²) in [4.78, 5) is 23.7. The Morgan fingerprint density at radius 3 is 2.79 bits per heavy atom. The molecule has 0 radical (unpaired) electrons. The molecule has 2 heterocycles. The number of amides is 2. The van der Waals surface area contributed by atoms with Gasteiger partial charge in [-0.25, -0.2) is 5.43 Å². The number of hydrogen-bond donors (Lipinski definition) is 2. The topological polar surface area (TPSA) is 102 Å². The summed E-state index contributed by atoms with van der Waals surface area (Å²) in [5, 5.41) is 6.22. The van der Waals surface area contributed by atoms with Crippen LogP contribution in [-0.4, -0.2) is 37.8 Å². The summed E-state index contributed by atoms with van der Waals surface area (Å²) in [6.07, 6.45) is 2.86. The highest BCUT2D eigenvalue weighted by Gasteiger charge is 2.15. The SMILES string of the molecule is O=C(CNC(=O)c1ccc2c(c1)OCCO2)N/N=C\c1ccco1. The number of nitrogens with zero attached hydrogens (tertiary/aromatic N) is 1. The van der Waals surface area contributed by atoms with Crippen LogP contribution < -0.4 is 20.2 Å². The summed E-state index contributed by atoms with van der Waals surface area (Å²) < 4.78 is 15.8. The number of nitrogens with one attached hydrogen (secondary N) is 2. The minimum atomic E-state index is -0.455. The van der Waals surface area contributed by atoms with Crippen LogP contribution in [0.3, 0.4) is 0 Å². The van der Waals surface area contributed by atoms with Crippen molar-refractivity contribution in [3.8, 4) is 11.5 Å². The van der Waals surface area contributed by atoms with Crippen LogP contribution in [0.25, 0.3) is 0 Å². The molecule has 1 aromatic heterocycles. The van der Waals surface area contributed by atoms with Crippen molar-refractivity contribution in [2.75, 3.05) is 19.8 Å². The standard InChI is InChI=1S/C16H15N3O5/c20-15(19-18-9-12-2-1-5-22-12)10-17-16(21)11-3-4-13-14(8-11)24-7-6-23-13/h1-5,8-9H,6-7,10H2,(H,17,21)(H,19,20)/b18-9-. The van der Waals surface area contributed by atoms with Crippen LogP contribution in [0.15, 0.2) is 46.1 Å². The lowest BCUT2D eigenvalue weighted by Crippen LogP contribution is -2.35. The largest absolute Gasteiger partial charge is 0.486 e. The highest BCUT2D eigenvalue weighted by molar-refractivity contribution is 5.97. The van der Waals surface area contributed by atoms with Gasteiger partial charge in [-0.2, -0.15) is 5.10 Å². The van der Waals surface area contributed by atoms with E-state index in [1.807, 2.05) is 0 Å². The quantitative estimate of drug-likeness (QED) is 0.627. The van der Waals surface area contributed by atoms with E-state index in [0.717, 1.165) is 0 Å². The van der Waals surface area contributed by atoms with Crippen LogP contribution >= 0.6 is 0 Å². The summed E-state index contributed by atoms with van der Waals surface area (Å²) in [7, 11) is 0. The lowest BCUT2D eigenvalue weighted by Gasteiger charge is -2.18. The molecule has 1 aromatic carbocycles. The maximum Gasteiger partial charge on any atom is 0.259 e. The van der Waals surface area contributed by atoms with E-state index in [-0.39, 0.29) is 6.54 Å². The van der Waals surface area contributed by atoms with Crippen LogP contribution in [0.2, 0.25) is 0 Å². The molecule has 2 N–H and O–H groups in total. The number of benzene rings is 1. The number of hydrazone groups is 1. The second-order valence-corrected chi connectivity index (χ2v) is 4.85. The fourth-order valence-corrected chi connectivity index (χ4v) is 2.02. The van der Waals surface area contributed by atoms with Crippen LogP contribution in [0, 0.1) is 0 Å². The Kier molecular flexibility index (Phi) is 4.76. The Hall–Kier alpha value is -3.29. The second-order valence-electron chi connectivity index (χ2n) is 4.85. The maximum absolute atomic E-state index is 12.1. The van der Waals surface area contributed by atoms with Gasteiger partial charge in [0, 0.05) is 5.56 Å². The van der Waals surface area contributed by atoms with E-state index in [0.29, 0.717) is 36.0 Å². The minimum absolute atomic E-state index is 0.206. The van der Waals surface area contributed by atoms with E-state index in [2.05, 4.69) is 15.8 Å². The Balaban J connectivity index is 1.49. The van der Waals surface area contributed by atoms with E-state index < -0.39 is 11.8 Å². The van der Waals surface area contributed by atoms with Gasteiger partial charge in [-0.1, -0.05) is 0 Å². The van der Waals surface area contributed by atoms with Gasteiger partial charge in [0.1, 0.15) is 19.0 Å². The third kappa shape index (κ3) is 3.92. The first kappa shape index (κ1) is 15.6. The molecular weight excluding hydrogens is 314 g/mol. The lowest BCUT2D eigenvalue weighted by atomic mass is 10.2. The highest BCUT2D eigenvalue weighted by atomic mass is 16.6. The molecule has 0 atom stereocenters. The number of furan rings is 1. The summed E-state index contributed by atoms with van der Waals surface area (Å²) in [5.41, 5.74) is 2.67. The molecule has 8 heteroatoms. The number of ether oxygens (including phenoxy) is 2. The van der Waals surface area contributed by atoms with E-state index >= 15 is 0 Å². The Morgan fingerprint density at radius 1 is 1.17 bits per heavy atom. The van der Waals surface area contributed by atoms with E-state index in [1.165, 1.54) is 12.5 Å². The number of carbonyl (C=O) groups is 2. The third-order valence-corrected chi connectivity index (χ3v) is 3.14. The van der Waals surface area contributed by atoms with Gasteiger partial charge in [-0.3, -0.25) is 9.59 Å². The van der Waals surface area contributed by atoms with Crippen LogP contribution in [0.1, 0.15) is 16.1 Å². The normalized spacial score (nSPS) is 12.8. The maximum atomic E-state index is 12.1. The Labute approximate surface area is 137 Å². The van der Waals surface area contributed by atoms with Crippen molar-refractivity contribution in [2.45, 2.75) is 0 Å². The monoisotopic (exact) mass is 329 g/mol. The van der Waals surface area contributed by atoms with Gasteiger partial charge >= 0.3 is 0 Å². The molecule has 0 saturated heterocycles. The fraction of sp³-hybridized carbons (Fsp3) is 0.188. The number of carbonyl (C=O) groups excluding carboxylic acids is 2. The highest BCUT2D eigenvalue weighted by Crippen LogP contribution is 2.30. The molecule has 1 aliphatic heterocycles. The fourth-order valence-electron chi connectivity index (χ4n) is 2.02. The van der Waals surface area contributed by atoms with Gasteiger partial charge in [0.2, 0.25) is 0 Å². The average molecular weight is 329 g/mol. The Morgan fingerprint density at radius 2 is 2.00 bits per heavy atom. The number of hydrogen-bond acceptors (Lipinski definition) is 6. The van der Waals surface area contributed by atoms with Crippen molar-refractivity contribution in [1.29, 1.82) is 0 Å². The number of rotatable bonds is 5. The first-order chi connectivity index (χ1) is 11.7. The number of fused-ring (bicyclic) bond motifs is 1. The van der Waals surface area contributed by atoms with Crippen LogP contribution in [0.4, 0.5) is 0 Å². The predicted octanol–water partition coefficient (Wildman–Crippen LogP) is 0.931. The van der Waals surface area contributed by atoms with Crippen LogP contribution in [-0.2, 0) is 4.79 Å². The van der Waals surface area contributed by atoms with Crippen molar-refractivity contribution in [2.24, 2.45) is 5.10 Å². The van der Waals surface area contributed by atoms with E-state index in [1.54, 1.807) is 30.3 Å². The summed E-state index contributed by atoms with van der Waals surface area (Å²) in [6, 6.07) is 8.25. The summed E-state index contributed by atoms with van der Waals surface area (Å²) in [5.74, 6) is 0.778. The van der Waals surface area contributed by atoms with Gasteiger partial charge < -0.3 is 19.2 Å². The minimum Gasteiger partial charge on any atom is -0.486 e. The van der Waals surface area contributed by atoms with E-state index in [9.17, 15) is 9.59 Å². The molecule has 0 bridgehead atoms. The third-order valence-electron chi connectivity index (χ3n) is 3.14. The van der Waals surface area contributed by atoms with E-state index in [4.69, 9.17) is 13.9 Å². The molecular formula is C16H15N3O5. The zero-order chi connectivity index (χ0) is 16.8. The molecule has 0 spiro atoms. The molecule has 2 amide bonds. The molecule has 124 valence electrons. The van der Waals surface area contributed by atoms with Gasteiger partial charge in [0.05, 0.1) is 19.0 Å². The van der Waals surface area contributed by atoms with Crippen molar-refractivity contribution in [3.05, 3.63) is 47.9 Å².